The minimum Gasteiger partial charge on any atom is -0.466 e. The molecule has 8 heteroatoms. The van der Waals surface area contributed by atoms with E-state index in [0.29, 0.717) is 25.5 Å². The molecule has 0 heterocycles. The van der Waals surface area contributed by atoms with Gasteiger partial charge in [-0.3, -0.25) is 10.1 Å². The molecule has 0 saturated carbocycles. The molecule has 0 aliphatic rings. The van der Waals surface area contributed by atoms with Gasteiger partial charge in [0.25, 0.3) is 0 Å². The Kier molecular flexibility index (Phi) is 43.9. The number of unbranched alkanes of at least 4 members (excludes halogenated alkanes) is 23. The molecule has 0 bridgehead atoms. The maximum absolute atomic E-state index is 12.4. The van der Waals surface area contributed by atoms with Crippen LogP contribution in [-0.4, -0.2) is 90.3 Å². The Bertz CT molecular complexity index is 790. The van der Waals surface area contributed by atoms with Crippen molar-refractivity contribution in [3.8, 4) is 0 Å². The standard InChI is InChI=1S/C48H99N3O4S/c1-6-11-14-17-19-20-21-22-23-24-25-26-27-28-30-33-40-55-47(53)37-42-56-41-36-45(48(54)49-38-39-51(9-4)10-5)50-43-46(52)44(34-31-16-13-8-3)35-32-29-18-15-12-7-2/h44-46,48-50,52,54H,6-43H2,1-5H3. The van der Waals surface area contributed by atoms with Gasteiger partial charge in [-0.15, -0.1) is 0 Å². The van der Waals surface area contributed by atoms with E-state index in [1.807, 2.05) is 0 Å². The molecule has 4 atom stereocenters. The van der Waals surface area contributed by atoms with Gasteiger partial charge < -0.3 is 25.2 Å². The Hall–Kier alpha value is -0.380. The Labute approximate surface area is 354 Å². The minimum absolute atomic E-state index is 0.0929. The SMILES string of the molecule is CCCCCCCCCCCCCCCCCCOC(=O)CCSCCC(NCC(O)C(CCCCCC)CCCCCCCC)C(O)NCCN(CC)CC. The van der Waals surface area contributed by atoms with Crippen LogP contribution in [0.5, 0.6) is 0 Å². The van der Waals surface area contributed by atoms with E-state index in [-0.39, 0.29) is 12.0 Å². The van der Waals surface area contributed by atoms with Crippen LogP contribution >= 0.6 is 11.8 Å². The number of rotatable bonds is 46. The molecule has 4 N–H and O–H groups in total. The average molecular weight is 814 g/mol. The summed E-state index contributed by atoms with van der Waals surface area (Å²) in [7, 11) is 0. The highest BCUT2D eigenvalue weighted by Gasteiger charge is 2.23. The van der Waals surface area contributed by atoms with Gasteiger partial charge in [0.15, 0.2) is 0 Å². The summed E-state index contributed by atoms with van der Waals surface area (Å²) in [5.74, 6) is 1.78. The van der Waals surface area contributed by atoms with Crippen LogP contribution in [0.15, 0.2) is 0 Å². The van der Waals surface area contributed by atoms with Crippen LogP contribution in [0.4, 0.5) is 0 Å². The lowest BCUT2D eigenvalue weighted by atomic mass is 9.89. The number of ether oxygens (including phenoxy) is 1. The zero-order valence-corrected chi connectivity index (χ0v) is 39.1. The minimum atomic E-state index is -0.690. The molecule has 56 heavy (non-hydrogen) atoms. The molecule has 0 fully saturated rings. The number of thioether (sulfide) groups is 1. The van der Waals surface area contributed by atoms with Crippen LogP contribution in [0.1, 0.15) is 227 Å². The molecule has 0 spiro atoms. The predicted molar refractivity (Wildman–Crippen MR) is 247 cm³/mol. The number of nitrogens with one attached hydrogen (secondary N) is 2. The van der Waals surface area contributed by atoms with Gasteiger partial charge >= 0.3 is 5.97 Å². The summed E-state index contributed by atoms with van der Waals surface area (Å²) in [6.45, 7) is 15.8. The summed E-state index contributed by atoms with van der Waals surface area (Å²) in [6, 6.07) is -0.162. The summed E-state index contributed by atoms with van der Waals surface area (Å²) in [5, 5.41) is 29.6. The van der Waals surface area contributed by atoms with Gasteiger partial charge in [-0.2, -0.15) is 11.8 Å². The van der Waals surface area contributed by atoms with Gasteiger partial charge in [0, 0.05) is 31.4 Å². The van der Waals surface area contributed by atoms with E-state index in [2.05, 4.69) is 50.2 Å². The highest BCUT2D eigenvalue weighted by atomic mass is 32.2. The summed E-state index contributed by atoms with van der Waals surface area (Å²) in [5.41, 5.74) is 0. The van der Waals surface area contributed by atoms with Gasteiger partial charge in [-0.25, -0.2) is 0 Å². The zero-order valence-electron chi connectivity index (χ0n) is 38.2. The first-order chi connectivity index (χ1) is 27.4. The van der Waals surface area contributed by atoms with E-state index in [4.69, 9.17) is 4.74 Å². The monoisotopic (exact) mass is 814 g/mol. The fourth-order valence-corrected chi connectivity index (χ4v) is 8.72. The second-order valence-electron chi connectivity index (χ2n) is 16.8. The Morgan fingerprint density at radius 2 is 1.02 bits per heavy atom. The van der Waals surface area contributed by atoms with Crippen molar-refractivity contribution in [3.05, 3.63) is 0 Å². The second-order valence-corrected chi connectivity index (χ2v) is 18.1. The predicted octanol–water partition coefficient (Wildman–Crippen LogP) is 12.2. The third kappa shape index (κ3) is 36.7. The molecule has 0 rings (SSSR count). The molecule has 0 amide bonds. The first-order valence-corrected chi connectivity index (χ1v) is 25.9. The van der Waals surface area contributed by atoms with Crippen molar-refractivity contribution in [2.45, 2.75) is 246 Å². The molecule has 0 aliphatic heterocycles. The maximum Gasteiger partial charge on any atom is 0.306 e. The van der Waals surface area contributed by atoms with Crippen molar-refractivity contribution in [2.24, 2.45) is 5.92 Å². The molecule has 4 unspecified atom stereocenters. The third-order valence-corrected chi connectivity index (χ3v) is 12.8. The molecule has 0 aromatic rings. The Morgan fingerprint density at radius 1 is 0.571 bits per heavy atom. The molecule has 0 saturated heterocycles. The van der Waals surface area contributed by atoms with Crippen LogP contribution in [-0.2, 0) is 9.53 Å². The quantitative estimate of drug-likeness (QED) is 0.0274. The summed E-state index contributed by atoms with van der Waals surface area (Å²) in [4.78, 5) is 14.7. The van der Waals surface area contributed by atoms with E-state index in [1.54, 1.807) is 11.8 Å². The van der Waals surface area contributed by atoms with Crippen molar-refractivity contribution < 1.29 is 19.7 Å². The first-order valence-electron chi connectivity index (χ1n) is 24.7. The van der Waals surface area contributed by atoms with Crippen LogP contribution in [0.3, 0.4) is 0 Å². The molecule has 0 aliphatic carbocycles. The van der Waals surface area contributed by atoms with Gasteiger partial charge in [0.2, 0.25) is 0 Å². The van der Waals surface area contributed by atoms with Crippen molar-refractivity contribution in [2.75, 3.05) is 50.8 Å². The summed E-state index contributed by atoms with van der Waals surface area (Å²) in [6.07, 6.45) is 36.3. The average Bonchev–Trinajstić information content (AvgIpc) is 3.20. The molecule has 0 aromatic heterocycles. The zero-order chi connectivity index (χ0) is 41.2. The number of likely N-dealkylation sites (N-methyl/N-ethyl adjacent to an activating group) is 1. The Balaban J connectivity index is 4.44. The second kappa shape index (κ2) is 44.2. The lowest BCUT2D eigenvalue weighted by molar-refractivity contribution is -0.143. The fourth-order valence-electron chi connectivity index (χ4n) is 7.79. The number of hydrogen-bond acceptors (Lipinski definition) is 8. The number of nitrogens with zero attached hydrogens (tertiary/aromatic N) is 1. The van der Waals surface area contributed by atoms with E-state index >= 15 is 0 Å². The van der Waals surface area contributed by atoms with Crippen molar-refractivity contribution in [1.29, 1.82) is 0 Å². The number of carbonyl (C=O) groups is 1. The number of hydrogen-bond donors (Lipinski definition) is 4. The number of aliphatic hydroxyl groups excluding tert-OH is 2. The highest BCUT2D eigenvalue weighted by Crippen LogP contribution is 2.23. The van der Waals surface area contributed by atoms with Gasteiger partial charge in [-0.05, 0) is 50.4 Å². The molecule has 0 aromatic carbocycles. The van der Waals surface area contributed by atoms with E-state index in [1.165, 1.54) is 154 Å². The normalized spacial score (nSPS) is 14.0. The van der Waals surface area contributed by atoms with Crippen molar-refractivity contribution in [1.82, 2.24) is 15.5 Å². The van der Waals surface area contributed by atoms with Gasteiger partial charge in [-0.1, -0.05) is 195 Å². The van der Waals surface area contributed by atoms with Crippen molar-refractivity contribution in [3.63, 3.8) is 0 Å². The first kappa shape index (κ1) is 55.6. The number of carbonyl (C=O) groups excluding carboxylic acids is 1. The molecule has 7 nitrogen and oxygen atoms in total. The lowest BCUT2D eigenvalue weighted by Crippen LogP contribution is -2.52. The van der Waals surface area contributed by atoms with Crippen LogP contribution in [0.2, 0.25) is 0 Å². The molecule has 0 radical (unpaired) electrons. The van der Waals surface area contributed by atoms with Crippen LogP contribution < -0.4 is 10.6 Å². The van der Waals surface area contributed by atoms with Gasteiger partial charge in [0.1, 0.15) is 6.23 Å². The third-order valence-electron chi connectivity index (χ3n) is 11.8. The molecular formula is C48H99N3O4S. The summed E-state index contributed by atoms with van der Waals surface area (Å²) < 4.78 is 5.54. The maximum atomic E-state index is 12.4. The highest BCUT2D eigenvalue weighted by molar-refractivity contribution is 7.99. The number of esters is 1. The fraction of sp³-hybridized carbons (Fsp3) is 0.979. The smallest absolute Gasteiger partial charge is 0.306 e. The summed E-state index contributed by atoms with van der Waals surface area (Å²) >= 11 is 1.75. The number of aliphatic hydroxyl groups is 2. The van der Waals surface area contributed by atoms with E-state index in [0.717, 1.165) is 69.8 Å². The Morgan fingerprint density at radius 3 is 1.50 bits per heavy atom. The lowest BCUT2D eigenvalue weighted by Gasteiger charge is -2.29. The van der Waals surface area contributed by atoms with Crippen LogP contribution in [0.25, 0.3) is 0 Å². The van der Waals surface area contributed by atoms with Crippen LogP contribution in [0, 0.1) is 5.92 Å². The van der Waals surface area contributed by atoms with Gasteiger partial charge in [0.05, 0.1) is 19.1 Å². The largest absolute Gasteiger partial charge is 0.466 e. The topological polar surface area (TPSA) is 94.1 Å². The van der Waals surface area contributed by atoms with E-state index in [9.17, 15) is 15.0 Å². The molecule has 336 valence electrons. The molecular weight excluding hydrogens is 715 g/mol. The van der Waals surface area contributed by atoms with E-state index < -0.39 is 12.3 Å². The van der Waals surface area contributed by atoms with Crippen molar-refractivity contribution >= 4 is 17.7 Å².